The highest BCUT2D eigenvalue weighted by Gasteiger charge is 2.02. The van der Waals surface area contributed by atoms with E-state index in [9.17, 15) is 0 Å². The van der Waals surface area contributed by atoms with Crippen LogP contribution < -0.4 is 9.47 Å². The molecule has 2 nitrogen and oxygen atoms in total. The number of methoxy groups -OCH3 is 2. The molecule has 0 spiro atoms. The van der Waals surface area contributed by atoms with E-state index in [-0.39, 0.29) is 0 Å². The normalized spacial score (nSPS) is 9.43. The van der Waals surface area contributed by atoms with Gasteiger partial charge in [0.1, 0.15) is 11.5 Å². The van der Waals surface area contributed by atoms with Crippen LogP contribution in [0.2, 0.25) is 0 Å². The molecule has 0 amide bonds. The van der Waals surface area contributed by atoms with E-state index < -0.39 is 0 Å². The van der Waals surface area contributed by atoms with Gasteiger partial charge in [-0.15, -0.1) is 0 Å². The van der Waals surface area contributed by atoms with E-state index >= 15 is 0 Å². The molecule has 0 unspecified atom stereocenters. The van der Waals surface area contributed by atoms with E-state index in [0.29, 0.717) is 0 Å². The Morgan fingerprint density at radius 3 is 2.43 bits per heavy atom. The first-order chi connectivity index (χ1) is 6.67. The lowest BCUT2D eigenvalue weighted by Gasteiger charge is -2.06. The Morgan fingerprint density at radius 1 is 1.21 bits per heavy atom. The second-order valence-corrected chi connectivity index (χ2v) is 5.31. The minimum Gasteiger partial charge on any atom is -0.497 e. The summed E-state index contributed by atoms with van der Waals surface area (Å²) in [6.45, 7) is 0. The zero-order valence-corrected chi connectivity index (χ0v) is 11.1. The van der Waals surface area contributed by atoms with Crippen molar-refractivity contribution in [3.63, 3.8) is 0 Å². The third-order valence-electron chi connectivity index (χ3n) is 1.70. The van der Waals surface area contributed by atoms with Gasteiger partial charge in [-0.1, -0.05) is 0 Å². The standard InChI is InChI=1S/C10H10Br2O2/c1-13-8-3-4-9(14-2)7(5-8)6-10(11)12/h3-6H,1-2H3. The van der Waals surface area contributed by atoms with Gasteiger partial charge in [-0.05, 0) is 56.1 Å². The van der Waals surface area contributed by atoms with Gasteiger partial charge in [-0.2, -0.15) is 0 Å². The number of ether oxygens (including phenoxy) is 2. The van der Waals surface area contributed by atoms with E-state index in [1.54, 1.807) is 14.2 Å². The van der Waals surface area contributed by atoms with Crippen molar-refractivity contribution in [2.75, 3.05) is 14.2 Å². The van der Waals surface area contributed by atoms with E-state index in [2.05, 4.69) is 31.9 Å². The first-order valence-corrected chi connectivity index (χ1v) is 5.50. The number of rotatable bonds is 3. The molecule has 0 heterocycles. The molecule has 76 valence electrons. The third kappa shape index (κ3) is 3.03. The van der Waals surface area contributed by atoms with Gasteiger partial charge >= 0.3 is 0 Å². The number of halogens is 2. The van der Waals surface area contributed by atoms with Crippen molar-refractivity contribution in [3.05, 3.63) is 27.2 Å². The van der Waals surface area contributed by atoms with E-state index in [4.69, 9.17) is 9.47 Å². The average molecular weight is 322 g/mol. The summed E-state index contributed by atoms with van der Waals surface area (Å²) in [7, 11) is 3.28. The van der Waals surface area contributed by atoms with Crippen molar-refractivity contribution in [3.8, 4) is 11.5 Å². The molecule has 0 bridgehead atoms. The van der Waals surface area contributed by atoms with Crippen LogP contribution in [-0.2, 0) is 0 Å². The molecule has 0 aromatic heterocycles. The number of benzene rings is 1. The van der Waals surface area contributed by atoms with E-state index in [0.717, 1.165) is 20.5 Å². The number of hydrogen-bond acceptors (Lipinski definition) is 2. The van der Waals surface area contributed by atoms with Crippen LogP contribution in [-0.4, -0.2) is 14.2 Å². The van der Waals surface area contributed by atoms with Crippen molar-refractivity contribution in [2.24, 2.45) is 0 Å². The van der Waals surface area contributed by atoms with Crippen molar-refractivity contribution in [1.82, 2.24) is 0 Å². The summed E-state index contributed by atoms with van der Waals surface area (Å²) in [5.74, 6) is 1.61. The molecule has 0 fully saturated rings. The summed E-state index contributed by atoms with van der Waals surface area (Å²) in [6, 6.07) is 5.63. The summed E-state index contributed by atoms with van der Waals surface area (Å²) in [5, 5.41) is 0. The largest absolute Gasteiger partial charge is 0.497 e. The highest BCUT2D eigenvalue weighted by Crippen LogP contribution is 2.28. The summed E-state index contributed by atoms with van der Waals surface area (Å²) in [4.78, 5) is 0. The SMILES string of the molecule is COc1ccc(OC)c(C=C(Br)Br)c1. The zero-order valence-electron chi connectivity index (χ0n) is 7.88. The minimum atomic E-state index is 0.804. The lowest BCUT2D eigenvalue weighted by molar-refractivity contribution is 0.402. The average Bonchev–Trinajstić information content (AvgIpc) is 2.16. The third-order valence-corrected chi connectivity index (χ3v) is 2.16. The lowest BCUT2D eigenvalue weighted by atomic mass is 10.2. The van der Waals surface area contributed by atoms with E-state index in [1.807, 2.05) is 24.3 Å². The van der Waals surface area contributed by atoms with Crippen molar-refractivity contribution < 1.29 is 9.47 Å². The second-order valence-electron chi connectivity index (χ2n) is 2.54. The Labute approximate surface area is 100 Å². The van der Waals surface area contributed by atoms with Gasteiger partial charge in [0.15, 0.2) is 0 Å². The van der Waals surface area contributed by atoms with Gasteiger partial charge < -0.3 is 9.47 Å². The Kier molecular flexibility index (Phi) is 4.48. The highest BCUT2D eigenvalue weighted by atomic mass is 79.9. The monoisotopic (exact) mass is 320 g/mol. The van der Waals surface area contributed by atoms with Gasteiger partial charge in [0.05, 0.1) is 17.6 Å². The molecule has 0 aliphatic carbocycles. The van der Waals surface area contributed by atoms with Crippen molar-refractivity contribution in [1.29, 1.82) is 0 Å². The van der Waals surface area contributed by atoms with Gasteiger partial charge in [0, 0.05) is 5.56 Å². The van der Waals surface area contributed by atoms with Crippen LogP contribution in [0.4, 0.5) is 0 Å². The molecule has 0 aliphatic rings. The van der Waals surface area contributed by atoms with Gasteiger partial charge in [0.25, 0.3) is 0 Å². The maximum atomic E-state index is 5.20. The quantitative estimate of drug-likeness (QED) is 0.843. The van der Waals surface area contributed by atoms with Gasteiger partial charge in [0.2, 0.25) is 0 Å². The smallest absolute Gasteiger partial charge is 0.126 e. The fourth-order valence-electron chi connectivity index (χ4n) is 1.07. The molecule has 14 heavy (non-hydrogen) atoms. The first-order valence-electron chi connectivity index (χ1n) is 3.92. The van der Waals surface area contributed by atoms with Gasteiger partial charge in [-0.3, -0.25) is 0 Å². The van der Waals surface area contributed by atoms with Crippen molar-refractivity contribution >= 4 is 37.9 Å². The maximum absolute atomic E-state index is 5.20. The Morgan fingerprint density at radius 2 is 1.93 bits per heavy atom. The Balaban J connectivity index is 3.15. The molecule has 1 aromatic carbocycles. The zero-order chi connectivity index (χ0) is 10.6. The molecular formula is C10H10Br2O2. The van der Waals surface area contributed by atoms with E-state index in [1.165, 1.54) is 0 Å². The predicted molar refractivity (Wildman–Crippen MR) is 65.4 cm³/mol. The Bertz CT molecular complexity index is 344. The summed E-state index contributed by atoms with van der Waals surface area (Å²) >= 11 is 6.60. The van der Waals surface area contributed by atoms with Crippen LogP contribution in [0.1, 0.15) is 5.56 Å². The molecule has 0 atom stereocenters. The van der Waals surface area contributed by atoms with Crippen LogP contribution in [0, 0.1) is 0 Å². The fraction of sp³-hybridized carbons (Fsp3) is 0.200. The molecule has 1 rings (SSSR count). The highest BCUT2D eigenvalue weighted by molar-refractivity contribution is 9.28. The van der Waals surface area contributed by atoms with Crippen molar-refractivity contribution in [2.45, 2.75) is 0 Å². The Hall–Kier alpha value is -0.480. The van der Waals surface area contributed by atoms with Gasteiger partial charge in [-0.25, -0.2) is 0 Å². The minimum absolute atomic E-state index is 0.804. The molecule has 1 aromatic rings. The second kappa shape index (κ2) is 5.41. The summed E-state index contributed by atoms with van der Waals surface area (Å²) < 4.78 is 11.2. The first kappa shape index (κ1) is 11.6. The molecule has 0 N–H and O–H groups in total. The summed E-state index contributed by atoms with van der Waals surface area (Å²) in [5.41, 5.74) is 0.954. The molecule has 0 saturated heterocycles. The fourth-order valence-corrected chi connectivity index (χ4v) is 1.56. The topological polar surface area (TPSA) is 18.5 Å². The maximum Gasteiger partial charge on any atom is 0.126 e. The predicted octanol–water partition coefficient (Wildman–Crippen LogP) is 3.79. The van der Waals surface area contributed by atoms with Crippen LogP contribution in [0.5, 0.6) is 11.5 Å². The molecule has 0 radical (unpaired) electrons. The molecule has 0 aliphatic heterocycles. The summed E-state index contributed by atoms with van der Waals surface area (Å²) in [6.07, 6.45) is 1.90. The lowest BCUT2D eigenvalue weighted by Crippen LogP contribution is -1.89. The molecule has 4 heteroatoms. The van der Waals surface area contributed by atoms with Crippen LogP contribution >= 0.6 is 31.9 Å². The number of hydrogen-bond donors (Lipinski definition) is 0. The molecule has 0 saturated carbocycles. The van der Waals surface area contributed by atoms with Crippen LogP contribution in [0.25, 0.3) is 6.08 Å². The molecular weight excluding hydrogens is 312 g/mol. The van der Waals surface area contributed by atoms with Crippen LogP contribution in [0.15, 0.2) is 21.6 Å². The van der Waals surface area contributed by atoms with Crippen LogP contribution in [0.3, 0.4) is 0 Å².